The number of rotatable bonds is 4. The Morgan fingerprint density at radius 2 is 2.00 bits per heavy atom. The molecule has 0 spiro atoms. The van der Waals surface area contributed by atoms with Crippen molar-refractivity contribution in [2.45, 2.75) is 63.5 Å². The number of carboxylic acids is 1. The van der Waals surface area contributed by atoms with E-state index >= 15 is 0 Å². The number of nitrogens with one attached hydrogen (secondary N) is 1. The maximum absolute atomic E-state index is 12.4. The third-order valence-electron chi connectivity index (χ3n) is 4.70. The Bertz CT molecular complexity index is 394. The van der Waals surface area contributed by atoms with Crippen LogP contribution in [0.4, 0.5) is 0 Å². The zero-order chi connectivity index (χ0) is 14.3. The largest absolute Gasteiger partial charge is 0.480 e. The van der Waals surface area contributed by atoms with E-state index in [2.05, 4.69) is 12.2 Å². The monoisotopic (exact) mass is 268 g/mol. The summed E-state index contributed by atoms with van der Waals surface area (Å²) in [6.07, 6.45) is 5.01. The molecule has 1 amide bonds. The van der Waals surface area contributed by atoms with Crippen LogP contribution in [0.2, 0.25) is 0 Å². The maximum Gasteiger partial charge on any atom is 0.329 e. The number of carboxylic acid groups (broad SMARTS) is 1. The number of carbonyl (C=O) groups excluding carboxylic acids is 1. The highest BCUT2D eigenvalue weighted by Gasteiger charge is 2.51. The van der Waals surface area contributed by atoms with Crippen LogP contribution in [0.3, 0.4) is 0 Å². The molecule has 19 heavy (non-hydrogen) atoms. The molecule has 0 aromatic rings. The molecule has 108 valence electrons. The smallest absolute Gasteiger partial charge is 0.329 e. The van der Waals surface area contributed by atoms with E-state index in [1.165, 1.54) is 0 Å². The fraction of sp³-hybridized carbons (Fsp3) is 0.857. The van der Waals surface area contributed by atoms with Crippen LogP contribution in [0, 0.1) is 11.8 Å². The van der Waals surface area contributed by atoms with Gasteiger partial charge in [-0.05, 0) is 44.4 Å². The fourth-order valence-electron chi connectivity index (χ4n) is 3.15. The Morgan fingerprint density at radius 1 is 1.37 bits per heavy atom. The van der Waals surface area contributed by atoms with E-state index in [1.807, 2.05) is 0 Å². The van der Waals surface area contributed by atoms with E-state index in [0.29, 0.717) is 18.8 Å². The molecule has 4 N–H and O–H groups in total. The first-order valence-corrected chi connectivity index (χ1v) is 7.13. The Kier molecular flexibility index (Phi) is 3.60. The molecule has 0 saturated heterocycles. The minimum absolute atomic E-state index is 0.0403. The third-order valence-corrected chi connectivity index (χ3v) is 4.70. The van der Waals surface area contributed by atoms with Crippen LogP contribution in [0.25, 0.3) is 0 Å². The first kappa shape index (κ1) is 14.3. The lowest BCUT2D eigenvalue weighted by molar-refractivity contribution is -0.149. The van der Waals surface area contributed by atoms with Gasteiger partial charge in [0.1, 0.15) is 5.54 Å². The van der Waals surface area contributed by atoms with Crippen molar-refractivity contribution >= 4 is 11.9 Å². The van der Waals surface area contributed by atoms with Crippen molar-refractivity contribution in [3.05, 3.63) is 0 Å². The number of aliphatic carboxylic acids is 1. The molecular weight excluding hydrogens is 244 g/mol. The van der Waals surface area contributed by atoms with Gasteiger partial charge in [0.15, 0.2) is 0 Å². The van der Waals surface area contributed by atoms with Crippen LogP contribution in [-0.2, 0) is 9.59 Å². The second-order valence-electron chi connectivity index (χ2n) is 6.59. The lowest BCUT2D eigenvalue weighted by Gasteiger charge is -2.38. The van der Waals surface area contributed by atoms with Gasteiger partial charge >= 0.3 is 5.97 Å². The Labute approximate surface area is 113 Å². The Balaban J connectivity index is 2.09. The summed E-state index contributed by atoms with van der Waals surface area (Å²) in [6.45, 7) is 3.69. The van der Waals surface area contributed by atoms with Crippen LogP contribution in [0.15, 0.2) is 0 Å². The summed E-state index contributed by atoms with van der Waals surface area (Å²) in [5, 5.41) is 12.1. The van der Waals surface area contributed by atoms with Crippen molar-refractivity contribution in [1.29, 1.82) is 0 Å². The minimum atomic E-state index is -1.16. The zero-order valence-corrected chi connectivity index (χ0v) is 11.7. The predicted molar refractivity (Wildman–Crippen MR) is 71.5 cm³/mol. The third kappa shape index (κ3) is 2.76. The van der Waals surface area contributed by atoms with E-state index in [-0.39, 0.29) is 11.8 Å². The number of carbonyl (C=O) groups is 2. The Hall–Kier alpha value is -1.10. The minimum Gasteiger partial charge on any atom is -0.480 e. The SMILES string of the molecule is CC1CCCC(N)(C(=O)NC(C)(C(=O)O)C2CC2)C1. The summed E-state index contributed by atoms with van der Waals surface area (Å²) < 4.78 is 0. The summed E-state index contributed by atoms with van der Waals surface area (Å²) in [4.78, 5) is 23.9. The number of hydrogen-bond donors (Lipinski definition) is 3. The first-order valence-electron chi connectivity index (χ1n) is 7.13. The van der Waals surface area contributed by atoms with Gasteiger partial charge in [-0.1, -0.05) is 19.8 Å². The quantitative estimate of drug-likeness (QED) is 0.715. The van der Waals surface area contributed by atoms with Crippen LogP contribution in [-0.4, -0.2) is 28.1 Å². The van der Waals surface area contributed by atoms with Crippen LogP contribution in [0.5, 0.6) is 0 Å². The number of nitrogens with two attached hydrogens (primary N) is 1. The van der Waals surface area contributed by atoms with Gasteiger partial charge in [-0.2, -0.15) is 0 Å². The lowest BCUT2D eigenvalue weighted by Crippen LogP contribution is -2.63. The molecule has 5 nitrogen and oxygen atoms in total. The molecule has 5 heteroatoms. The summed E-state index contributed by atoms with van der Waals surface area (Å²) in [6, 6.07) is 0. The summed E-state index contributed by atoms with van der Waals surface area (Å²) >= 11 is 0. The highest BCUT2D eigenvalue weighted by Crippen LogP contribution is 2.40. The van der Waals surface area contributed by atoms with Gasteiger partial charge in [0.05, 0.1) is 5.54 Å². The average molecular weight is 268 g/mol. The van der Waals surface area contributed by atoms with Crippen molar-refractivity contribution in [2.75, 3.05) is 0 Å². The van der Waals surface area contributed by atoms with Crippen LogP contribution >= 0.6 is 0 Å². The van der Waals surface area contributed by atoms with Crippen molar-refractivity contribution in [2.24, 2.45) is 17.6 Å². The summed E-state index contributed by atoms with van der Waals surface area (Å²) in [5.74, 6) is -0.799. The highest BCUT2D eigenvalue weighted by molar-refractivity contribution is 5.92. The highest BCUT2D eigenvalue weighted by atomic mass is 16.4. The second kappa shape index (κ2) is 4.78. The van der Waals surface area contributed by atoms with Gasteiger partial charge < -0.3 is 16.2 Å². The molecule has 2 aliphatic rings. The molecule has 0 aromatic heterocycles. The van der Waals surface area contributed by atoms with Crippen LogP contribution in [0.1, 0.15) is 52.4 Å². The van der Waals surface area contributed by atoms with E-state index in [1.54, 1.807) is 6.92 Å². The molecule has 2 rings (SSSR count). The molecule has 3 atom stereocenters. The van der Waals surface area contributed by atoms with Gasteiger partial charge in [-0.15, -0.1) is 0 Å². The van der Waals surface area contributed by atoms with Gasteiger partial charge in [-0.3, -0.25) is 4.79 Å². The van der Waals surface area contributed by atoms with E-state index < -0.39 is 17.0 Å². The molecule has 3 unspecified atom stereocenters. The molecule has 2 fully saturated rings. The fourth-order valence-corrected chi connectivity index (χ4v) is 3.15. The van der Waals surface area contributed by atoms with Crippen LogP contribution < -0.4 is 11.1 Å². The van der Waals surface area contributed by atoms with Crippen molar-refractivity contribution < 1.29 is 14.7 Å². The molecular formula is C14H24N2O3. The predicted octanol–water partition coefficient (Wildman–Crippen LogP) is 1.26. The Morgan fingerprint density at radius 3 is 2.47 bits per heavy atom. The van der Waals surface area contributed by atoms with Gasteiger partial charge in [0.2, 0.25) is 5.91 Å². The lowest BCUT2D eigenvalue weighted by atomic mass is 9.76. The first-order chi connectivity index (χ1) is 8.78. The molecule has 0 aromatic carbocycles. The summed E-state index contributed by atoms with van der Waals surface area (Å²) in [7, 11) is 0. The van der Waals surface area contributed by atoms with Crippen molar-refractivity contribution in [1.82, 2.24) is 5.32 Å². The molecule has 0 bridgehead atoms. The molecule has 2 saturated carbocycles. The van der Waals surface area contributed by atoms with E-state index in [9.17, 15) is 14.7 Å². The number of hydrogen-bond acceptors (Lipinski definition) is 3. The average Bonchev–Trinajstić information content (AvgIpc) is 3.12. The normalized spacial score (nSPS) is 34.4. The molecule has 0 heterocycles. The molecule has 0 aliphatic heterocycles. The van der Waals surface area contributed by atoms with E-state index in [0.717, 1.165) is 25.7 Å². The zero-order valence-electron chi connectivity index (χ0n) is 11.7. The summed E-state index contributed by atoms with van der Waals surface area (Å²) in [5.41, 5.74) is 4.15. The maximum atomic E-state index is 12.4. The van der Waals surface area contributed by atoms with Crippen molar-refractivity contribution in [3.8, 4) is 0 Å². The molecule has 2 aliphatic carbocycles. The number of amides is 1. The topological polar surface area (TPSA) is 92.4 Å². The standard InChI is InChI=1S/C14H24N2O3/c1-9-4-3-7-14(15,8-9)11(17)16-13(2,12(18)19)10-5-6-10/h9-10H,3-8,15H2,1-2H3,(H,16,17)(H,18,19). The van der Waals surface area contributed by atoms with Crippen molar-refractivity contribution in [3.63, 3.8) is 0 Å². The van der Waals surface area contributed by atoms with E-state index in [4.69, 9.17) is 5.73 Å². The second-order valence-corrected chi connectivity index (χ2v) is 6.59. The van der Waals surface area contributed by atoms with Gasteiger partial charge in [-0.25, -0.2) is 4.79 Å². The molecule has 0 radical (unpaired) electrons. The van der Waals surface area contributed by atoms with Gasteiger partial charge in [0.25, 0.3) is 0 Å². The van der Waals surface area contributed by atoms with Gasteiger partial charge in [0, 0.05) is 0 Å².